The molecule has 2 N–H and O–H groups in total. The first-order valence-electron chi connectivity index (χ1n) is 13.1. The van der Waals surface area contributed by atoms with Gasteiger partial charge in [0.05, 0.1) is 23.7 Å². The Morgan fingerprint density at radius 1 is 1.11 bits per heavy atom. The van der Waals surface area contributed by atoms with Gasteiger partial charge in [-0.05, 0) is 44.7 Å². The van der Waals surface area contributed by atoms with Gasteiger partial charge in [-0.15, -0.1) is 0 Å². The molecule has 0 bridgehead atoms. The van der Waals surface area contributed by atoms with Gasteiger partial charge in [0.25, 0.3) is 5.56 Å². The van der Waals surface area contributed by atoms with Crippen LogP contribution in [-0.4, -0.2) is 40.2 Å². The lowest BCUT2D eigenvalue weighted by Gasteiger charge is -2.25. The van der Waals surface area contributed by atoms with Gasteiger partial charge in [0, 0.05) is 24.2 Å². The molecule has 9 nitrogen and oxygen atoms in total. The third kappa shape index (κ3) is 6.11. The van der Waals surface area contributed by atoms with Crippen LogP contribution in [0.1, 0.15) is 70.8 Å². The Balaban J connectivity index is 1.70. The van der Waals surface area contributed by atoms with Gasteiger partial charge in [-0.1, -0.05) is 38.2 Å². The fourth-order valence-corrected chi connectivity index (χ4v) is 5.41. The van der Waals surface area contributed by atoms with Crippen molar-refractivity contribution in [3.05, 3.63) is 50.9 Å². The molecule has 2 saturated carbocycles. The number of nitrogens with zero attached hydrogens (tertiary/aromatic N) is 2. The molecular weight excluding hydrogens is 479 g/mol. The van der Waals surface area contributed by atoms with Crippen LogP contribution in [0.2, 0.25) is 0 Å². The van der Waals surface area contributed by atoms with Crippen LogP contribution in [-0.2, 0) is 20.9 Å². The minimum absolute atomic E-state index is 0.0737. The molecule has 1 aromatic carbocycles. The van der Waals surface area contributed by atoms with Gasteiger partial charge in [0.1, 0.15) is 12.4 Å². The summed E-state index contributed by atoms with van der Waals surface area (Å²) in [6, 6.07) is 2.27. The summed E-state index contributed by atoms with van der Waals surface area (Å²) < 4.78 is 22.2. The summed E-state index contributed by atoms with van der Waals surface area (Å²) in [5, 5.41) is 6.00. The molecule has 37 heavy (non-hydrogen) atoms. The van der Waals surface area contributed by atoms with E-state index in [1.165, 1.54) is 31.7 Å². The van der Waals surface area contributed by atoms with Gasteiger partial charge in [-0.3, -0.25) is 18.7 Å². The number of fused-ring (bicyclic) bond motifs is 1. The van der Waals surface area contributed by atoms with Gasteiger partial charge in [0.2, 0.25) is 5.91 Å². The first-order chi connectivity index (χ1) is 17.8. The average molecular weight is 515 g/mol. The van der Waals surface area contributed by atoms with Crippen molar-refractivity contribution in [3.8, 4) is 0 Å². The highest BCUT2D eigenvalue weighted by molar-refractivity contribution is 5.84. The number of hydrogen-bond donors (Lipinski definition) is 2. The zero-order valence-electron chi connectivity index (χ0n) is 21.4. The number of rotatable bonds is 8. The summed E-state index contributed by atoms with van der Waals surface area (Å²) in [4.78, 5) is 50.9. The summed E-state index contributed by atoms with van der Waals surface area (Å²) in [7, 11) is 1.25. The molecule has 10 heteroatoms. The quantitative estimate of drug-likeness (QED) is 0.413. The Hall–Kier alpha value is -3.43. The van der Waals surface area contributed by atoms with Gasteiger partial charge in [0.15, 0.2) is 0 Å². The predicted molar refractivity (Wildman–Crippen MR) is 139 cm³/mol. The van der Waals surface area contributed by atoms with Crippen LogP contribution in [0.15, 0.2) is 33.9 Å². The lowest BCUT2D eigenvalue weighted by molar-refractivity contribution is -0.135. The smallest absolute Gasteiger partial charge is 0.332 e. The Labute approximate surface area is 214 Å². The maximum Gasteiger partial charge on any atom is 0.332 e. The van der Waals surface area contributed by atoms with Crippen LogP contribution >= 0.6 is 0 Å². The molecule has 200 valence electrons. The minimum atomic E-state index is -0.703. The SMILES string of the molecule is COC(=O)/C=C/[C@@H](C)NC(=O)Cn1c(=O)c2cc(F)c(NC3CCCCC3)cc2n(C2CCCC2)c1=O. The fourth-order valence-electron chi connectivity index (χ4n) is 5.41. The first-order valence-corrected chi connectivity index (χ1v) is 13.1. The molecule has 2 fully saturated rings. The van der Waals surface area contributed by atoms with Gasteiger partial charge in [-0.25, -0.2) is 14.0 Å². The second-order valence-corrected chi connectivity index (χ2v) is 10.0. The number of carbonyl (C=O) groups is 2. The molecule has 0 saturated heterocycles. The maximum atomic E-state index is 15.2. The normalized spacial score (nSPS) is 17.8. The number of ether oxygens (including phenoxy) is 1. The number of nitrogens with one attached hydrogen (secondary N) is 2. The van der Waals surface area contributed by atoms with Crippen molar-refractivity contribution < 1.29 is 18.7 Å². The monoisotopic (exact) mass is 514 g/mol. The third-order valence-electron chi connectivity index (χ3n) is 7.32. The second kappa shape index (κ2) is 11.7. The second-order valence-electron chi connectivity index (χ2n) is 10.0. The molecule has 1 aromatic heterocycles. The molecule has 4 rings (SSSR count). The van der Waals surface area contributed by atoms with E-state index in [1.807, 2.05) is 0 Å². The van der Waals surface area contributed by atoms with Crippen molar-refractivity contribution in [2.24, 2.45) is 0 Å². The lowest BCUT2D eigenvalue weighted by atomic mass is 9.95. The standard InChI is InChI=1S/C27H35FN4O5/c1-17(12-13-25(34)37-2)29-24(33)16-31-26(35)20-14-21(28)22(30-18-8-4-3-5-9-18)15-23(20)32(27(31)36)19-10-6-7-11-19/h12-15,17-19,30H,3-11,16H2,1-2H3,(H,29,33)/b13-12+/t17-/m1/s1. The predicted octanol–water partition coefficient (Wildman–Crippen LogP) is 3.40. The van der Waals surface area contributed by atoms with Crippen LogP contribution < -0.4 is 21.9 Å². The average Bonchev–Trinajstić information content (AvgIpc) is 3.41. The molecule has 1 atom stereocenters. The van der Waals surface area contributed by atoms with E-state index >= 15 is 4.39 Å². The number of amides is 1. The molecule has 0 aliphatic heterocycles. The largest absolute Gasteiger partial charge is 0.466 e. The summed E-state index contributed by atoms with van der Waals surface area (Å²) in [5.41, 5.74) is -0.586. The van der Waals surface area contributed by atoms with Crippen molar-refractivity contribution in [2.75, 3.05) is 12.4 Å². The van der Waals surface area contributed by atoms with Crippen molar-refractivity contribution in [2.45, 2.75) is 89.4 Å². The molecule has 2 aliphatic carbocycles. The van der Waals surface area contributed by atoms with Crippen LogP contribution in [0.3, 0.4) is 0 Å². The number of carbonyl (C=O) groups excluding carboxylic acids is 2. The van der Waals surface area contributed by atoms with Crippen molar-refractivity contribution in [1.82, 2.24) is 14.5 Å². The maximum absolute atomic E-state index is 15.2. The topological polar surface area (TPSA) is 111 Å². The Kier molecular flexibility index (Phi) is 8.45. The van der Waals surface area contributed by atoms with E-state index in [-0.39, 0.29) is 17.5 Å². The highest BCUT2D eigenvalue weighted by Gasteiger charge is 2.25. The zero-order valence-corrected chi connectivity index (χ0v) is 21.4. The van der Waals surface area contributed by atoms with Crippen LogP contribution in [0.4, 0.5) is 10.1 Å². The molecule has 2 aliphatic rings. The number of hydrogen-bond acceptors (Lipinski definition) is 6. The van der Waals surface area contributed by atoms with Gasteiger partial charge in [-0.2, -0.15) is 0 Å². The lowest BCUT2D eigenvalue weighted by Crippen LogP contribution is -2.45. The molecule has 0 unspecified atom stereocenters. The van der Waals surface area contributed by atoms with Gasteiger partial charge >= 0.3 is 11.7 Å². The van der Waals surface area contributed by atoms with E-state index in [4.69, 9.17) is 0 Å². The van der Waals surface area contributed by atoms with Crippen molar-refractivity contribution >= 4 is 28.5 Å². The number of aromatic nitrogens is 2. The molecular formula is C27H35FN4O5. The highest BCUT2D eigenvalue weighted by atomic mass is 19.1. The molecule has 1 amide bonds. The number of methoxy groups -OCH3 is 1. The van der Waals surface area contributed by atoms with E-state index < -0.39 is 41.5 Å². The molecule has 0 radical (unpaired) electrons. The summed E-state index contributed by atoms with van der Waals surface area (Å²) >= 11 is 0. The number of anilines is 1. The van der Waals surface area contributed by atoms with E-state index in [0.717, 1.165) is 55.9 Å². The van der Waals surface area contributed by atoms with Crippen molar-refractivity contribution in [1.29, 1.82) is 0 Å². The number of esters is 1. The molecule has 0 spiro atoms. The fraction of sp³-hybridized carbons (Fsp3) is 0.556. The summed E-state index contributed by atoms with van der Waals surface area (Å²) in [6.45, 7) is 1.13. The first kappa shape index (κ1) is 26.6. The van der Waals surface area contributed by atoms with E-state index in [1.54, 1.807) is 17.6 Å². The van der Waals surface area contributed by atoms with Crippen LogP contribution in [0, 0.1) is 5.82 Å². The molecule has 2 aromatic rings. The minimum Gasteiger partial charge on any atom is -0.466 e. The molecule has 1 heterocycles. The number of halogens is 1. The van der Waals surface area contributed by atoms with E-state index in [0.29, 0.717) is 11.2 Å². The highest BCUT2D eigenvalue weighted by Crippen LogP contribution is 2.32. The summed E-state index contributed by atoms with van der Waals surface area (Å²) in [6.07, 6.45) is 11.3. The Morgan fingerprint density at radius 2 is 1.78 bits per heavy atom. The van der Waals surface area contributed by atoms with E-state index in [9.17, 15) is 19.2 Å². The van der Waals surface area contributed by atoms with Crippen molar-refractivity contribution in [3.63, 3.8) is 0 Å². The summed E-state index contributed by atoms with van der Waals surface area (Å²) in [5.74, 6) is -1.69. The Bertz CT molecular complexity index is 1300. The Morgan fingerprint density at radius 3 is 2.46 bits per heavy atom. The number of benzene rings is 1. The van der Waals surface area contributed by atoms with Gasteiger partial charge < -0.3 is 15.4 Å². The third-order valence-corrected chi connectivity index (χ3v) is 7.32. The van der Waals surface area contributed by atoms with E-state index in [2.05, 4.69) is 15.4 Å². The zero-order chi connectivity index (χ0) is 26.5. The van der Waals surface area contributed by atoms with Crippen LogP contribution in [0.5, 0.6) is 0 Å². The van der Waals surface area contributed by atoms with Crippen LogP contribution in [0.25, 0.3) is 10.9 Å².